The van der Waals surface area contributed by atoms with E-state index in [1.165, 1.54) is 17.3 Å². The number of benzene rings is 1. The van der Waals surface area contributed by atoms with Crippen molar-refractivity contribution in [2.75, 3.05) is 5.75 Å². The van der Waals surface area contributed by atoms with Crippen LogP contribution in [0.3, 0.4) is 0 Å². The first-order chi connectivity index (χ1) is 7.79. The number of H-pyrrole nitrogens is 1. The lowest BCUT2D eigenvalue weighted by molar-refractivity contribution is 0.975. The summed E-state index contributed by atoms with van der Waals surface area (Å²) in [6, 6.07) is 8.12. The van der Waals surface area contributed by atoms with Crippen molar-refractivity contribution in [3.8, 4) is 23.7 Å². The van der Waals surface area contributed by atoms with Crippen molar-refractivity contribution in [1.29, 1.82) is 0 Å². The molecular formula is C12H11N3S. The van der Waals surface area contributed by atoms with Crippen LogP contribution in [0.15, 0.2) is 29.4 Å². The summed E-state index contributed by atoms with van der Waals surface area (Å²) in [5, 5.41) is 7.69. The highest BCUT2D eigenvalue weighted by molar-refractivity contribution is 7.99. The van der Waals surface area contributed by atoms with Crippen LogP contribution in [-0.2, 0) is 0 Å². The van der Waals surface area contributed by atoms with E-state index in [9.17, 15) is 0 Å². The maximum absolute atomic E-state index is 5.18. The van der Waals surface area contributed by atoms with E-state index in [1.54, 1.807) is 0 Å². The lowest BCUT2D eigenvalue weighted by Crippen LogP contribution is -1.81. The molecule has 0 aliphatic heterocycles. The first-order valence-electron chi connectivity index (χ1n) is 4.85. The molecule has 16 heavy (non-hydrogen) atoms. The molecule has 1 aromatic heterocycles. The van der Waals surface area contributed by atoms with Crippen molar-refractivity contribution in [3.63, 3.8) is 0 Å². The SMILES string of the molecule is C#CCSc1n[nH]c(-c2cccc(C)c2)n1. The van der Waals surface area contributed by atoms with E-state index < -0.39 is 0 Å². The Hall–Kier alpha value is -1.73. The molecule has 2 rings (SSSR count). The largest absolute Gasteiger partial charge is 0.258 e. The Kier molecular flexibility index (Phi) is 3.28. The summed E-state index contributed by atoms with van der Waals surface area (Å²) in [6.45, 7) is 2.05. The van der Waals surface area contributed by atoms with Crippen molar-refractivity contribution in [2.45, 2.75) is 12.1 Å². The fraction of sp³-hybridized carbons (Fsp3) is 0.167. The van der Waals surface area contributed by atoms with Crippen LogP contribution in [-0.4, -0.2) is 20.9 Å². The molecule has 0 saturated heterocycles. The number of aromatic amines is 1. The standard InChI is InChI=1S/C12H11N3S/c1-3-7-16-12-13-11(14-15-12)10-6-4-5-9(2)8-10/h1,4-6,8H,7H2,2H3,(H,13,14,15). The number of aromatic nitrogens is 3. The van der Waals surface area contributed by atoms with Crippen molar-refractivity contribution < 1.29 is 0 Å². The van der Waals surface area contributed by atoms with Gasteiger partial charge in [-0.3, -0.25) is 5.10 Å². The number of hydrogen-bond acceptors (Lipinski definition) is 3. The van der Waals surface area contributed by atoms with Gasteiger partial charge in [-0.2, -0.15) is 0 Å². The normalized spacial score (nSPS) is 10.0. The minimum atomic E-state index is 0.588. The second-order valence-electron chi connectivity index (χ2n) is 3.33. The average molecular weight is 229 g/mol. The van der Waals surface area contributed by atoms with Crippen molar-refractivity contribution in [3.05, 3.63) is 29.8 Å². The first kappa shape index (κ1) is 10.8. The fourth-order valence-corrected chi connectivity index (χ4v) is 1.82. The molecule has 0 saturated carbocycles. The Morgan fingerprint density at radius 1 is 1.50 bits per heavy atom. The summed E-state index contributed by atoms with van der Waals surface area (Å²) in [6.07, 6.45) is 5.18. The van der Waals surface area contributed by atoms with Crippen LogP contribution < -0.4 is 0 Å². The molecule has 3 nitrogen and oxygen atoms in total. The number of thioether (sulfide) groups is 1. The van der Waals surface area contributed by atoms with E-state index >= 15 is 0 Å². The molecule has 0 aliphatic rings. The summed E-state index contributed by atoms with van der Waals surface area (Å²) >= 11 is 1.45. The summed E-state index contributed by atoms with van der Waals surface area (Å²) in [5.74, 6) is 3.91. The monoisotopic (exact) mass is 229 g/mol. The van der Waals surface area contributed by atoms with Gasteiger partial charge in [0, 0.05) is 5.56 Å². The zero-order valence-electron chi connectivity index (χ0n) is 8.90. The number of terminal acetylenes is 1. The highest BCUT2D eigenvalue weighted by Crippen LogP contribution is 2.19. The Balaban J connectivity index is 2.22. The van der Waals surface area contributed by atoms with Gasteiger partial charge in [0.2, 0.25) is 5.16 Å². The smallest absolute Gasteiger partial charge is 0.209 e. The number of rotatable bonds is 3. The third-order valence-electron chi connectivity index (χ3n) is 2.04. The molecule has 0 bridgehead atoms. The van der Waals surface area contributed by atoms with E-state index in [1.807, 2.05) is 25.1 Å². The van der Waals surface area contributed by atoms with Crippen LogP contribution >= 0.6 is 11.8 Å². The Bertz CT molecular complexity index is 525. The fourth-order valence-electron chi connectivity index (χ4n) is 1.34. The first-order valence-corrected chi connectivity index (χ1v) is 5.84. The van der Waals surface area contributed by atoms with E-state index in [2.05, 4.69) is 27.2 Å². The summed E-state index contributed by atoms with van der Waals surface area (Å²) < 4.78 is 0. The van der Waals surface area contributed by atoms with E-state index in [0.29, 0.717) is 10.9 Å². The van der Waals surface area contributed by atoms with Crippen LogP contribution in [0, 0.1) is 19.3 Å². The van der Waals surface area contributed by atoms with Crippen molar-refractivity contribution in [1.82, 2.24) is 15.2 Å². The summed E-state index contributed by atoms with van der Waals surface area (Å²) in [7, 11) is 0. The number of hydrogen-bond donors (Lipinski definition) is 1. The van der Waals surface area contributed by atoms with Gasteiger partial charge in [-0.25, -0.2) is 4.98 Å². The van der Waals surface area contributed by atoms with Gasteiger partial charge >= 0.3 is 0 Å². The predicted molar refractivity (Wildman–Crippen MR) is 66.1 cm³/mol. The lowest BCUT2D eigenvalue weighted by Gasteiger charge is -1.96. The van der Waals surface area contributed by atoms with Gasteiger partial charge in [0.25, 0.3) is 0 Å². The van der Waals surface area contributed by atoms with Gasteiger partial charge in [-0.05, 0) is 13.0 Å². The van der Waals surface area contributed by atoms with E-state index in [4.69, 9.17) is 6.42 Å². The van der Waals surface area contributed by atoms with Gasteiger partial charge in [0.15, 0.2) is 5.82 Å². The predicted octanol–water partition coefficient (Wildman–Crippen LogP) is 2.51. The second kappa shape index (κ2) is 4.86. The molecule has 0 fully saturated rings. The van der Waals surface area contributed by atoms with Gasteiger partial charge in [-0.1, -0.05) is 41.4 Å². The molecule has 80 valence electrons. The van der Waals surface area contributed by atoms with E-state index in [0.717, 1.165) is 11.4 Å². The second-order valence-corrected chi connectivity index (χ2v) is 4.27. The van der Waals surface area contributed by atoms with Gasteiger partial charge in [0.05, 0.1) is 5.75 Å². The molecular weight excluding hydrogens is 218 g/mol. The Morgan fingerprint density at radius 3 is 3.12 bits per heavy atom. The molecule has 1 N–H and O–H groups in total. The molecule has 1 heterocycles. The van der Waals surface area contributed by atoms with Crippen LogP contribution in [0.2, 0.25) is 0 Å². The maximum atomic E-state index is 5.18. The molecule has 0 unspecified atom stereocenters. The highest BCUT2D eigenvalue weighted by Gasteiger charge is 2.05. The molecule has 0 amide bonds. The number of aryl methyl sites for hydroxylation is 1. The number of nitrogens with zero attached hydrogens (tertiary/aromatic N) is 2. The molecule has 1 aromatic carbocycles. The van der Waals surface area contributed by atoms with Crippen LogP contribution in [0.5, 0.6) is 0 Å². The molecule has 4 heteroatoms. The van der Waals surface area contributed by atoms with Gasteiger partial charge in [0.1, 0.15) is 0 Å². The van der Waals surface area contributed by atoms with Crippen molar-refractivity contribution >= 4 is 11.8 Å². The van der Waals surface area contributed by atoms with Crippen molar-refractivity contribution in [2.24, 2.45) is 0 Å². The topological polar surface area (TPSA) is 41.6 Å². The third kappa shape index (κ3) is 2.44. The van der Waals surface area contributed by atoms with Crippen LogP contribution in [0.1, 0.15) is 5.56 Å². The minimum Gasteiger partial charge on any atom is -0.258 e. The zero-order valence-corrected chi connectivity index (χ0v) is 9.71. The summed E-state index contributed by atoms with van der Waals surface area (Å²) in [4.78, 5) is 4.36. The third-order valence-corrected chi connectivity index (χ3v) is 2.79. The quantitative estimate of drug-likeness (QED) is 0.649. The van der Waals surface area contributed by atoms with E-state index in [-0.39, 0.29) is 0 Å². The zero-order chi connectivity index (χ0) is 11.4. The molecule has 0 atom stereocenters. The lowest BCUT2D eigenvalue weighted by atomic mass is 10.1. The maximum Gasteiger partial charge on any atom is 0.209 e. The highest BCUT2D eigenvalue weighted by atomic mass is 32.2. The van der Waals surface area contributed by atoms with Gasteiger partial charge in [-0.15, -0.1) is 11.5 Å². The molecule has 0 radical (unpaired) electrons. The minimum absolute atomic E-state index is 0.588. The molecule has 0 aliphatic carbocycles. The Labute approximate surface area is 98.7 Å². The Morgan fingerprint density at radius 2 is 2.38 bits per heavy atom. The van der Waals surface area contributed by atoms with Gasteiger partial charge < -0.3 is 0 Å². The molecule has 2 aromatic rings. The van der Waals surface area contributed by atoms with Crippen LogP contribution in [0.25, 0.3) is 11.4 Å². The number of nitrogens with one attached hydrogen (secondary N) is 1. The molecule has 0 spiro atoms. The average Bonchev–Trinajstić information content (AvgIpc) is 2.75. The summed E-state index contributed by atoms with van der Waals surface area (Å²) in [5.41, 5.74) is 2.24. The van der Waals surface area contributed by atoms with Crippen LogP contribution in [0.4, 0.5) is 0 Å².